The lowest BCUT2D eigenvalue weighted by Crippen LogP contribution is -2.24. The number of alkyl halides is 7. The molecule has 0 amide bonds. The Hall–Kier alpha value is -1.52. The molecular weight excluding hydrogens is 376 g/mol. The lowest BCUT2D eigenvalue weighted by atomic mass is 10.0. The lowest BCUT2D eigenvalue weighted by Gasteiger charge is -2.18. The van der Waals surface area contributed by atoms with Crippen molar-refractivity contribution < 1.29 is 40.6 Å². The highest BCUT2D eigenvalue weighted by molar-refractivity contribution is 9.08. The van der Waals surface area contributed by atoms with E-state index in [1.54, 1.807) is 0 Å². The highest BCUT2D eigenvalue weighted by Gasteiger charge is 2.43. The van der Waals surface area contributed by atoms with E-state index < -0.39 is 41.1 Å². The van der Waals surface area contributed by atoms with Crippen LogP contribution in [-0.4, -0.2) is 24.4 Å². The van der Waals surface area contributed by atoms with Crippen molar-refractivity contribution >= 4 is 21.9 Å². The summed E-state index contributed by atoms with van der Waals surface area (Å²) in [5.41, 5.74) is -3.56. The van der Waals surface area contributed by atoms with Crippen molar-refractivity contribution in [1.29, 1.82) is 0 Å². The molecule has 0 radical (unpaired) electrons. The second-order valence-electron chi connectivity index (χ2n) is 3.51. The van der Waals surface area contributed by atoms with Gasteiger partial charge in [-0.05, 0) is 5.56 Å². The molecule has 1 aromatic rings. The molecule has 0 unspecified atom stereocenters. The molecule has 118 valence electrons. The largest absolute Gasteiger partial charge is 0.574 e. The minimum atomic E-state index is -5.31. The molecule has 1 heterocycles. The summed E-state index contributed by atoms with van der Waals surface area (Å²) in [6, 6.07) is 0. The summed E-state index contributed by atoms with van der Waals surface area (Å²) in [5.74, 6) is -3.16. The van der Waals surface area contributed by atoms with Crippen LogP contribution in [0.25, 0.3) is 0 Å². The third-order valence-electron chi connectivity index (χ3n) is 2.15. The van der Waals surface area contributed by atoms with E-state index in [1.165, 1.54) is 0 Å². The van der Waals surface area contributed by atoms with Crippen LogP contribution in [0, 0.1) is 0 Å². The number of aromatic nitrogens is 1. The Morgan fingerprint density at radius 2 is 1.86 bits per heavy atom. The predicted octanol–water partition coefficient (Wildman–Crippen LogP) is 3.68. The third-order valence-corrected chi connectivity index (χ3v) is 2.76. The van der Waals surface area contributed by atoms with Gasteiger partial charge in [0.15, 0.2) is 0 Å². The van der Waals surface area contributed by atoms with Crippen molar-refractivity contribution in [3.8, 4) is 5.88 Å². The van der Waals surface area contributed by atoms with Gasteiger partial charge in [-0.3, -0.25) is 0 Å². The van der Waals surface area contributed by atoms with Crippen LogP contribution in [0.5, 0.6) is 5.88 Å². The number of esters is 1. The first-order valence-corrected chi connectivity index (χ1v) is 6.12. The van der Waals surface area contributed by atoms with Crippen LogP contribution in [0.15, 0.2) is 6.20 Å². The Morgan fingerprint density at radius 3 is 2.24 bits per heavy atom. The summed E-state index contributed by atoms with van der Waals surface area (Å²) in [4.78, 5) is 14.5. The van der Waals surface area contributed by atoms with Gasteiger partial charge in [0.25, 0.3) is 0 Å². The van der Waals surface area contributed by atoms with Crippen molar-refractivity contribution in [1.82, 2.24) is 4.98 Å². The number of methoxy groups -OCH3 is 1. The van der Waals surface area contributed by atoms with Crippen molar-refractivity contribution in [3.05, 3.63) is 22.9 Å². The molecule has 0 aromatic carbocycles. The number of hydrogen-bond acceptors (Lipinski definition) is 4. The summed E-state index contributed by atoms with van der Waals surface area (Å²) < 4.78 is 83.1. The second-order valence-corrected chi connectivity index (χ2v) is 4.07. The molecule has 21 heavy (non-hydrogen) atoms. The summed E-state index contributed by atoms with van der Waals surface area (Å²) in [6.07, 6.45) is -9.88. The van der Waals surface area contributed by atoms with Gasteiger partial charge in [-0.1, -0.05) is 15.9 Å². The van der Waals surface area contributed by atoms with Gasteiger partial charge in [-0.2, -0.15) is 13.2 Å². The molecule has 1 rings (SSSR count). The Kier molecular flexibility index (Phi) is 5.07. The summed E-state index contributed by atoms with van der Waals surface area (Å²) in [5, 5.41) is -0.384. The minimum absolute atomic E-state index is 0.384. The number of hydrogen-bond donors (Lipinski definition) is 0. The van der Waals surface area contributed by atoms with Crippen molar-refractivity contribution in [3.63, 3.8) is 0 Å². The van der Waals surface area contributed by atoms with Crippen LogP contribution in [-0.2, 0) is 16.2 Å². The van der Waals surface area contributed by atoms with Gasteiger partial charge >= 0.3 is 18.5 Å². The van der Waals surface area contributed by atoms with Gasteiger partial charge < -0.3 is 9.47 Å². The number of nitrogens with zero attached hydrogens (tertiary/aromatic N) is 1. The first-order valence-electron chi connectivity index (χ1n) is 5.00. The fourth-order valence-corrected chi connectivity index (χ4v) is 1.86. The Bertz CT molecular complexity index is 543. The van der Waals surface area contributed by atoms with Gasteiger partial charge in [-0.15, -0.1) is 13.2 Å². The summed E-state index contributed by atoms with van der Waals surface area (Å²) in [6.45, 7) is 0. The highest BCUT2D eigenvalue weighted by Crippen LogP contribution is 2.39. The molecule has 0 saturated heterocycles. The molecule has 4 nitrogen and oxygen atoms in total. The zero-order valence-electron chi connectivity index (χ0n) is 10.1. The maximum absolute atomic E-state index is 13.0. The maximum atomic E-state index is 13.0. The normalized spacial score (nSPS) is 12.2. The summed E-state index contributed by atoms with van der Waals surface area (Å²) in [7, 11) is 0.723. The quantitative estimate of drug-likeness (QED) is 0.455. The zero-order valence-corrected chi connectivity index (χ0v) is 11.7. The van der Waals surface area contributed by atoms with E-state index in [-0.39, 0.29) is 5.33 Å². The Balaban J connectivity index is 3.64. The van der Waals surface area contributed by atoms with Crippen molar-refractivity contribution in [2.24, 2.45) is 0 Å². The molecule has 0 atom stereocenters. The van der Waals surface area contributed by atoms with Gasteiger partial charge in [-0.25, -0.2) is 9.78 Å². The van der Waals surface area contributed by atoms with E-state index in [4.69, 9.17) is 0 Å². The van der Waals surface area contributed by atoms with Crippen molar-refractivity contribution in [2.75, 3.05) is 7.11 Å². The molecule has 0 spiro atoms. The molecule has 0 fully saturated rings. The van der Waals surface area contributed by atoms with E-state index in [2.05, 4.69) is 30.4 Å². The molecule has 0 saturated carbocycles. The number of rotatable bonds is 3. The average molecular weight is 382 g/mol. The van der Waals surface area contributed by atoms with Crippen LogP contribution in [0.1, 0.15) is 21.5 Å². The fourth-order valence-electron chi connectivity index (χ4n) is 1.44. The van der Waals surface area contributed by atoms with Crippen LogP contribution in [0.3, 0.4) is 0 Å². The molecule has 0 aliphatic carbocycles. The van der Waals surface area contributed by atoms with E-state index in [0.717, 1.165) is 7.11 Å². The van der Waals surface area contributed by atoms with Gasteiger partial charge in [0, 0.05) is 11.5 Å². The molecule has 0 aliphatic heterocycles. The average Bonchev–Trinajstić information content (AvgIpc) is 2.34. The standard InChI is InChI=1S/C10H6BrF6NO3/c1-20-8(19)5-6(9(12,13)14)4(2-11)3-18-7(5)21-10(15,16)17/h3H,2H2,1H3. The number of pyridine rings is 1. The number of halogens is 7. The Morgan fingerprint density at radius 1 is 1.29 bits per heavy atom. The minimum Gasteiger partial charge on any atom is -0.465 e. The zero-order chi connectivity index (χ0) is 16.4. The van der Waals surface area contributed by atoms with Crippen LogP contribution < -0.4 is 4.74 Å². The topological polar surface area (TPSA) is 48.4 Å². The van der Waals surface area contributed by atoms with Gasteiger partial charge in [0.2, 0.25) is 5.88 Å². The van der Waals surface area contributed by atoms with Crippen LogP contribution in [0.2, 0.25) is 0 Å². The van der Waals surface area contributed by atoms with E-state index in [9.17, 15) is 31.1 Å². The molecule has 0 bridgehead atoms. The maximum Gasteiger partial charge on any atom is 0.574 e. The molecule has 11 heteroatoms. The lowest BCUT2D eigenvalue weighted by molar-refractivity contribution is -0.276. The number of ether oxygens (including phenoxy) is 2. The molecule has 0 N–H and O–H groups in total. The van der Waals surface area contributed by atoms with E-state index >= 15 is 0 Å². The number of carbonyl (C=O) groups is 1. The number of carbonyl (C=O) groups excluding carboxylic acids is 1. The highest BCUT2D eigenvalue weighted by atomic mass is 79.9. The first kappa shape index (κ1) is 17.5. The van der Waals surface area contributed by atoms with Crippen molar-refractivity contribution in [2.45, 2.75) is 17.9 Å². The summed E-state index contributed by atoms with van der Waals surface area (Å²) >= 11 is 2.74. The second kappa shape index (κ2) is 6.08. The van der Waals surface area contributed by atoms with Gasteiger partial charge in [0.1, 0.15) is 5.56 Å². The van der Waals surface area contributed by atoms with E-state index in [1.807, 2.05) is 0 Å². The van der Waals surface area contributed by atoms with Crippen LogP contribution >= 0.6 is 15.9 Å². The molecule has 0 aliphatic rings. The molecular formula is C10H6BrF6NO3. The Labute approximate surface area is 122 Å². The van der Waals surface area contributed by atoms with E-state index in [0.29, 0.717) is 6.20 Å². The SMILES string of the molecule is COC(=O)c1c(OC(F)(F)F)ncc(CBr)c1C(F)(F)F. The predicted molar refractivity (Wildman–Crippen MR) is 59.9 cm³/mol. The monoisotopic (exact) mass is 381 g/mol. The molecule has 1 aromatic heterocycles. The van der Waals surface area contributed by atoms with Gasteiger partial charge in [0.05, 0.1) is 12.7 Å². The van der Waals surface area contributed by atoms with Crippen LogP contribution in [0.4, 0.5) is 26.3 Å². The third kappa shape index (κ3) is 4.22. The fraction of sp³-hybridized carbons (Fsp3) is 0.400. The smallest absolute Gasteiger partial charge is 0.465 e. The first-order chi connectivity index (χ1) is 9.51.